The molecule has 1 saturated carbocycles. The molecule has 0 spiro atoms. The molecule has 1 atom stereocenters. The van der Waals surface area contributed by atoms with Crippen LogP contribution in [0.5, 0.6) is 11.6 Å². The highest BCUT2D eigenvalue weighted by molar-refractivity contribution is 7.93. The minimum Gasteiger partial charge on any atom is -0.437 e. The van der Waals surface area contributed by atoms with E-state index in [-0.39, 0.29) is 5.75 Å². The number of ether oxygens (including phenoxy) is 1. The maximum absolute atomic E-state index is 14.0. The number of carbonyl (C=O) groups excluding carboxylic acids is 1. The molecule has 0 radical (unpaired) electrons. The summed E-state index contributed by atoms with van der Waals surface area (Å²) in [4.78, 5) is 20.2. The number of alkyl halides is 4. The molecule has 1 aromatic carbocycles. The van der Waals surface area contributed by atoms with Gasteiger partial charge < -0.3 is 10.1 Å². The van der Waals surface area contributed by atoms with Gasteiger partial charge in [-0.3, -0.25) is 4.79 Å². The van der Waals surface area contributed by atoms with Crippen molar-refractivity contribution < 1.29 is 35.5 Å². The van der Waals surface area contributed by atoms with Crippen LogP contribution in [0.4, 0.5) is 17.6 Å². The Bertz CT molecular complexity index is 1140. The SMILES string of the molecule is CC(F)(F)c1ncc(C(=O)N[C@H](/C=C/S(C)(=O)=O)C2CC(F)(F)C2)nc1Oc1ccccc1. The van der Waals surface area contributed by atoms with E-state index in [0.29, 0.717) is 6.92 Å². The number of rotatable bonds is 8. The monoisotopic (exact) mass is 487 g/mol. The van der Waals surface area contributed by atoms with Gasteiger partial charge in [0.15, 0.2) is 21.2 Å². The van der Waals surface area contributed by atoms with Crippen LogP contribution in [0.3, 0.4) is 0 Å². The highest BCUT2D eigenvalue weighted by atomic mass is 32.2. The van der Waals surface area contributed by atoms with Gasteiger partial charge in [0, 0.05) is 31.4 Å². The average molecular weight is 487 g/mol. The minimum absolute atomic E-state index is 0.181. The van der Waals surface area contributed by atoms with Gasteiger partial charge in [-0.2, -0.15) is 8.78 Å². The number of amides is 1. The number of nitrogens with zero attached hydrogens (tertiary/aromatic N) is 2. The number of carbonyl (C=O) groups is 1. The van der Waals surface area contributed by atoms with Crippen LogP contribution < -0.4 is 10.1 Å². The Balaban J connectivity index is 1.88. The molecule has 7 nitrogen and oxygen atoms in total. The second-order valence-corrected chi connectivity index (χ2v) is 9.83. The van der Waals surface area contributed by atoms with E-state index < -0.39 is 69.7 Å². The molecule has 1 aliphatic carbocycles. The molecule has 0 unspecified atom stereocenters. The lowest BCUT2D eigenvalue weighted by Crippen LogP contribution is -2.49. The second kappa shape index (κ2) is 9.08. The number of nitrogens with one attached hydrogen (secondary N) is 1. The maximum Gasteiger partial charge on any atom is 0.292 e. The van der Waals surface area contributed by atoms with Crippen molar-refractivity contribution in [3.63, 3.8) is 0 Å². The van der Waals surface area contributed by atoms with Gasteiger partial charge in [0.1, 0.15) is 5.75 Å². The first-order valence-corrected chi connectivity index (χ1v) is 11.7. The Morgan fingerprint density at radius 3 is 2.45 bits per heavy atom. The highest BCUT2D eigenvalue weighted by Crippen LogP contribution is 2.44. The number of para-hydroxylation sites is 1. The van der Waals surface area contributed by atoms with Gasteiger partial charge in [-0.05, 0) is 18.1 Å². The summed E-state index contributed by atoms with van der Waals surface area (Å²) in [6, 6.07) is 6.85. The molecular formula is C21H21F4N3O4S. The second-order valence-electron chi connectivity index (χ2n) is 7.89. The maximum atomic E-state index is 14.0. The van der Waals surface area contributed by atoms with Gasteiger partial charge in [-0.25, -0.2) is 27.2 Å². The van der Waals surface area contributed by atoms with E-state index in [2.05, 4.69) is 15.3 Å². The molecule has 1 aromatic heterocycles. The van der Waals surface area contributed by atoms with E-state index in [0.717, 1.165) is 23.9 Å². The van der Waals surface area contributed by atoms with Crippen molar-refractivity contribution in [1.82, 2.24) is 15.3 Å². The van der Waals surface area contributed by atoms with Crippen molar-refractivity contribution in [2.45, 2.75) is 37.7 Å². The van der Waals surface area contributed by atoms with Crippen LogP contribution in [0.15, 0.2) is 48.0 Å². The Kier molecular flexibility index (Phi) is 6.78. The van der Waals surface area contributed by atoms with Crippen LogP contribution in [-0.2, 0) is 15.8 Å². The summed E-state index contributed by atoms with van der Waals surface area (Å²) < 4.78 is 82.9. The molecule has 1 amide bonds. The lowest BCUT2D eigenvalue weighted by molar-refractivity contribution is -0.114. The first kappa shape index (κ1) is 24.6. The van der Waals surface area contributed by atoms with E-state index in [4.69, 9.17) is 4.74 Å². The van der Waals surface area contributed by atoms with Crippen molar-refractivity contribution in [2.24, 2.45) is 5.92 Å². The number of benzene rings is 1. The molecule has 178 valence electrons. The third kappa shape index (κ3) is 6.73. The topological polar surface area (TPSA) is 98.2 Å². The van der Waals surface area contributed by atoms with Gasteiger partial charge >= 0.3 is 0 Å². The summed E-state index contributed by atoms with van der Waals surface area (Å²) >= 11 is 0. The third-order valence-corrected chi connectivity index (χ3v) is 5.46. The summed E-state index contributed by atoms with van der Waals surface area (Å²) in [6.45, 7) is 0.595. The normalized spacial score (nSPS) is 17.4. The van der Waals surface area contributed by atoms with Gasteiger partial charge in [-0.1, -0.05) is 24.3 Å². The number of hydrogen-bond acceptors (Lipinski definition) is 6. The van der Waals surface area contributed by atoms with Gasteiger partial charge in [0.2, 0.25) is 11.8 Å². The Morgan fingerprint density at radius 1 is 1.27 bits per heavy atom. The van der Waals surface area contributed by atoms with E-state index in [1.165, 1.54) is 12.1 Å². The summed E-state index contributed by atoms with van der Waals surface area (Å²) in [7, 11) is -3.58. The molecule has 2 aromatic rings. The summed E-state index contributed by atoms with van der Waals surface area (Å²) in [5, 5.41) is 3.24. The number of sulfone groups is 1. The fourth-order valence-corrected chi connectivity index (χ4v) is 3.65. The van der Waals surface area contributed by atoms with E-state index in [1.54, 1.807) is 18.2 Å². The van der Waals surface area contributed by atoms with Crippen LogP contribution in [-0.4, -0.2) is 42.5 Å². The minimum atomic E-state index is -3.58. The van der Waals surface area contributed by atoms with Crippen LogP contribution in [0.2, 0.25) is 0 Å². The lowest BCUT2D eigenvalue weighted by atomic mass is 9.76. The summed E-state index contributed by atoms with van der Waals surface area (Å²) in [5.74, 6) is -8.37. The summed E-state index contributed by atoms with van der Waals surface area (Å²) in [6.07, 6.45) is 1.76. The van der Waals surface area contributed by atoms with Crippen molar-refractivity contribution in [2.75, 3.05) is 6.26 Å². The Labute approximate surface area is 187 Å². The molecule has 33 heavy (non-hydrogen) atoms. The van der Waals surface area contributed by atoms with Crippen LogP contribution in [0, 0.1) is 5.92 Å². The van der Waals surface area contributed by atoms with Gasteiger partial charge in [0.25, 0.3) is 11.8 Å². The molecule has 3 rings (SSSR count). The zero-order valence-corrected chi connectivity index (χ0v) is 18.5. The molecule has 1 fully saturated rings. The largest absolute Gasteiger partial charge is 0.437 e. The standard InChI is InChI=1S/C21H21F4N3O4S/c1-20(22,23)17-19(32-14-6-4-3-5-7-14)28-16(12-26-17)18(29)27-15(8-9-33(2,30)31)13-10-21(24,25)11-13/h3-9,12-13,15H,10-11H2,1-2H3,(H,27,29)/b9-8+/t15-/m1/s1. The number of hydrogen-bond donors (Lipinski definition) is 1. The van der Waals surface area contributed by atoms with Crippen molar-refractivity contribution in [1.29, 1.82) is 0 Å². The molecule has 1 heterocycles. The predicted octanol–water partition coefficient (Wildman–Crippen LogP) is 4.08. The molecule has 1 N–H and O–H groups in total. The van der Waals surface area contributed by atoms with E-state index in [1.807, 2.05) is 0 Å². The predicted molar refractivity (Wildman–Crippen MR) is 111 cm³/mol. The van der Waals surface area contributed by atoms with Gasteiger partial charge in [-0.15, -0.1) is 0 Å². The zero-order valence-electron chi connectivity index (χ0n) is 17.6. The lowest BCUT2D eigenvalue weighted by Gasteiger charge is -2.39. The highest BCUT2D eigenvalue weighted by Gasteiger charge is 2.48. The van der Waals surface area contributed by atoms with Gasteiger partial charge in [0.05, 0.1) is 12.2 Å². The fraction of sp³-hybridized carbons (Fsp3) is 0.381. The average Bonchev–Trinajstić information content (AvgIpc) is 2.68. The molecule has 1 aliphatic rings. The van der Waals surface area contributed by atoms with E-state index in [9.17, 15) is 30.8 Å². The molecular weight excluding hydrogens is 466 g/mol. The molecule has 0 aliphatic heterocycles. The van der Waals surface area contributed by atoms with Crippen LogP contribution >= 0.6 is 0 Å². The zero-order chi connectivity index (χ0) is 24.4. The number of halogens is 4. The third-order valence-electron chi connectivity index (χ3n) is 4.81. The molecule has 0 saturated heterocycles. The first-order valence-electron chi connectivity index (χ1n) is 9.79. The summed E-state index contributed by atoms with van der Waals surface area (Å²) in [5.41, 5.74) is -1.20. The Hall–Kier alpha value is -3.02. The molecule has 12 heteroatoms. The fourth-order valence-electron chi connectivity index (χ4n) is 3.19. The number of aromatic nitrogens is 2. The van der Waals surface area contributed by atoms with E-state index >= 15 is 0 Å². The first-order chi connectivity index (χ1) is 15.2. The Morgan fingerprint density at radius 2 is 1.91 bits per heavy atom. The molecule has 0 bridgehead atoms. The van der Waals surface area contributed by atoms with Crippen molar-refractivity contribution in [3.05, 3.63) is 59.4 Å². The van der Waals surface area contributed by atoms with Crippen molar-refractivity contribution >= 4 is 15.7 Å². The quantitative estimate of drug-likeness (QED) is 0.564. The van der Waals surface area contributed by atoms with Crippen LogP contribution in [0.25, 0.3) is 0 Å². The van der Waals surface area contributed by atoms with Crippen LogP contribution in [0.1, 0.15) is 35.9 Å². The van der Waals surface area contributed by atoms with Crippen molar-refractivity contribution in [3.8, 4) is 11.6 Å². The smallest absolute Gasteiger partial charge is 0.292 e.